The maximum Gasteiger partial charge on any atom is 0.262 e. The lowest BCUT2D eigenvalue weighted by atomic mass is 9.75. The Bertz CT molecular complexity index is 1580. The third-order valence-corrected chi connectivity index (χ3v) is 9.63. The highest BCUT2D eigenvalue weighted by Crippen LogP contribution is 2.49. The van der Waals surface area contributed by atoms with Gasteiger partial charge in [0.25, 0.3) is 5.01 Å². The lowest BCUT2D eigenvalue weighted by molar-refractivity contribution is -0.642. The second kappa shape index (κ2) is 9.38. The summed E-state index contributed by atoms with van der Waals surface area (Å²) in [6, 6.07) is 17.6. The van der Waals surface area contributed by atoms with E-state index in [9.17, 15) is 0 Å². The molecule has 3 heterocycles. The molecule has 1 aliphatic carbocycles. The van der Waals surface area contributed by atoms with Crippen molar-refractivity contribution in [1.29, 1.82) is 0 Å². The number of nitrogens with zero attached hydrogens (tertiary/aromatic N) is 3. The Kier molecular flexibility index (Phi) is 6.16. The molecule has 188 valence electrons. The van der Waals surface area contributed by atoms with Gasteiger partial charge in [0.05, 0.1) is 10.7 Å². The third-order valence-electron chi connectivity index (χ3n) is 7.37. The normalized spacial score (nSPS) is 19.2. The zero-order valence-electron chi connectivity index (χ0n) is 22.3. The molecule has 3 nitrogen and oxygen atoms in total. The average Bonchev–Trinajstić information content (AvgIpc) is 3.56. The van der Waals surface area contributed by atoms with Crippen LogP contribution in [0.5, 0.6) is 0 Å². The summed E-state index contributed by atoms with van der Waals surface area (Å²) in [4.78, 5) is 3.83. The Balaban J connectivity index is 1.37. The van der Waals surface area contributed by atoms with Gasteiger partial charge in [-0.05, 0) is 85.2 Å². The summed E-state index contributed by atoms with van der Waals surface area (Å²) in [5, 5.41) is 2.64. The lowest BCUT2D eigenvalue weighted by Crippen LogP contribution is -2.29. The monoisotopic (exact) mass is 524 g/mol. The summed E-state index contributed by atoms with van der Waals surface area (Å²) in [5.74, 6) is 0. The van der Waals surface area contributed by atoms with E-state index in [0.29, 0.717) is 0 Å². The Labute approximate surface area is 228 Å². The van der Waals surface area contributed by atoms with E-state index in [1.165, 1.54) is 53.2 Å². The van der Waals surface area contributed by atoms with Crippen LogP contribution in [0.25, 0.3) is 22.0 Å². The molecule has 2 aromatic carbocycles. The first-order valence-corrected chi connectivity index (χ1v) is 14.7. The summed E-state index contributed by atoms with van der Waals surface area (Å²) in [7, 11) is 2.18. The van der Waals surface area contributed by atoms with Crippen molar-refractivity contribution >= 4 is 45.1 Å². The topological polar surface area (TPSA) is 12.1 Å². The number of para-hydroxylation sites is 1. The standard InChI is InChI=1S/C32H34N3S2/c1-6-35-27-19-26(34-13-9-10-14-34)22(2)15-29(27)37-31(35)18-24-16-23(20-32(3,4)21-24)17-30-33(5)25-11-7-8-12-28(25)36-30/h7-19H,6,20-21H2,1-5H3/q+1. The van der Waals surface area contributed by atoms with Crippen LogP contribution < -0.4 is 9.47 Å². The molecule has 5 heteroatoms. The van der Waals surface area contributed by atoms with Crippen LogP contribution in [-0.2, 0) is 7.05 Å². The fraction of sp³-hybridized carbons (Fsp3) is 0.281. The predicted molar refractivity (Wildman–Crippen MR) is 160 cm³/mol. The average molecular weight is 525 g/mol. The molecule has 0 unspecified atom stereocenters. The van der Waals surface area contributed by atoms with Crippen molar-refractivity contribution in [2.45, 2.75) is 45.4 Å². The van der Waals surface area contributed by atoms with Crippen LogP contribution in [0.2, 0.25) is 0 Å². The maximum atomic E-state index is 2.48. The fourth-order valence-electron chi connectivity index (χ4n) is 5.70. The van der Waals surface area contributed by atoms with E-state index in [0.717, 1.165) is 19.4 Å². The first-order chi connectivity index (χ1) is 17.8. The van der Waals surface area contributed by atoms with Crippen molar-refractivity contribution < 1.29 is 4.57 Å². The third kappa shape index (κ3) is 4.60. The summed E-state index contributed by atoms with van der Waals surface area (Å²) in [6.45, 7) is 10.2. The van der Waals surface area contributed by atoms with Gasteiger partial charge < -0.3 is 9.47 Å². The van der Waals surface area contributed by atoms with Gasteiger partial charge >= 0.3 is 0 Å². The largest absolute Gasteiger partial charge is 0.335 e. The van der Waals surface area contributed by atoms with Gasteiger partial charge in [0.2, 0.25) is 5.52 Å². The SMILES string of the molecule is CCN1C(=CC2=CC(=Cc3sc4ccccc4[n+]3C)CC(C)(C)C2)Sc2cc(C)c(-n3cccc3)cc21. The molecule has 1 aliphatic heterocycles. The van der Waals surface area contributed by atoms with Gasteiger partial charge in [-0.2, -0.15) is 4.57 Å². The molecule has 0 fully saturated rings. The maximum absolute atomic E-state index is 2.48. The minimum atomic E-state index is 0.230. The lowest BCUT2D eigenvalue weighted by Gasteiger charge is -2.31. The second-order valence-electron chi connectivity index (χ2n) is 10.9. The number of hydrogen-bond donors (Lipinski definition) is 0. The molecule has 0 amide bonds. The van der Waals surface area contributed by atoms with Gasteiger partial charge in [0, 0.05) is 41.7 Å². The summed E-state index contributed by atoms with van der Waals surface area (Å²) in [6.07, 6.45) is 13.7. The molecular formula is C32H34N3S2+. The molecule has 0 spiro atoms. The van der Waals surface area contributed by atoms with E-state index >= 15 is 0 Å². The number of rotatable bonds is 4. The quantitative estimate of drug-likeness (QED) is 0.248. The number of anilines is 1. The number of allylic oxidation sites excluding steroid dienone is 4. The summed E-state index contributed by atoms with van der Waals surface area (Å²) >= 11 is 3.79. The van der Waals surface area contributed by atoms with Crippen LogP contribution in [-0.4, -0.2) is 11.1 Å². The fourth-order valence-corrected chi connectivity index (χ4v) is 8.11. The molecule has 2 aromatic heterocycles. The zero-order valence-corrected chi connectivity index (χ0v) is 23.9. The van der Waals surface area contributed by atoms with Crippen molar-refractivity contribution in [2.75, 3.05) is 11.4 Å². The Morgan fingerprint density at radius 1 is 1.00 bits per heavy atom. The number of benzene rings is 2. The zero-order chi connectivity index (χ0) is 25.7. The molecule has 0 saturated carbocycles. The molecule has 2 aliphatic rings. The van der Waals surface area contributed by atoms with E-state index in [2.05, 4.69) is 128 Å². The van der Waals surface area contributed by atoms with E-state index in [1.54, 1.807) is 0 Å². The smallest absolute Gasteiger partial charge is 0.262 e. The first kappa shape index (κ1) is 24.3. The van der Waals surface area contributed by atoms with E-state index in [-0.39, 0.29) is 5.41 Å². The molecule has 0 atom stereocenters. The van der Waals surface area contributed by atoms with Crippen LogP contribution in [0.15, 0.2) is 94.1 Å². The van der Waals surface area contributed by atoms with Crippen molar-refractivity contribution in [3.63, 3.8) is 0 Å². The van der Waals surface area contributed by atoms with E-state index in [4.69, 9.17) is 0 Å². The number of aromatic nitrogens is 2. The first-order valence-electron chi connectivity index (χ1n) is 13.0. The van der Waals surface area contributed by atoms with Crippen LogP contribution in [0, 0.1) is 12.3 Å². The predicted octanol–water partition coefficient (Wildman–Crippen LogP) is 8.43. The van der Waals surface area contributed by atoms with Crippen molar-refractivity contribution in [3.8, 4) is 5.69 Å². The molecular weight excluding hydrogens is 491 g/mol. The summed E-state index contributed by atoms with van der Waals surface area (Å²) in [5.41, 5.74) is 8.24. The van der Waals surface area contributed by atoms with Gasteiger partial charge in [-0.25, -0.2) is 0 Å². The molecule has 37 heavy (non-hydrogen) atoms. The number of hydrogen-bond acceptors (Lipinski definition) is 3. The van der Waals surface area contributed by atoms with Crippen LogP contribution in [0.1, 0.15) is 44.2 Å². The molecule has 0 bridgehead atoms. The molecule has 0 N–H and O–H groups in total. The Hall–Kier alpha value is -3.02. The highest BCUT2D eigenvalue weighted by Gasteiger charge is 2.29. The van der Waals surface area contributed by atoms with E-state index in [1.807, 2.05) is 23.1 Å². The number of aryl methyl sites for hydroxylation is 2. The van der Waals surface area contributed by atoms with E-state index < -0.39 is 0 Å². The summed E-state index contributed by atoms with van der Waals surface area (Å²) < 4.78 is 5.88. The van der Waals surface area contributed by atoms with Crippen LogP contribution >= 0.6 is 23.1 Å². The minimum Gasteiger partial charge on any atom is -0.335 e. The van der Waals surface area contributed by atoms with Crippen molar-refractivity contribution in [2.24, 2.45) is 12.5 Å². The highest BCUT2D eigenvalue weighted by molar-refractivity contribution is 8.03. The Morgan fingerprint density at radius 3 is 2.54 bits per heavy atom. The number of fused-ring (bicyclic) bond motifs is 2. The van der Waals surface area contributed by atoms with Gasteiger partial charge in [0.1, 0.15) is 11.7 Å². The van der Waals surface area contributed by atoms with Crippen LogP contribution in [0.3, 0.4) is 0 Å². The molecule has 4 aromatic rings. The number of thioether (sulfide) groups is 1. The highest BCUT2D eigenvalue weighted by atomic mass is 32.2. The van der Waals surface area contributed by atoms with Crippen molar-refractivity contribution in [1.82, 2.24) is 4.57 Å². The molecule has 6 rings (SSSR count). The molecule has 0 radical (unpaired) electrons. The van der Waals surface area contributed by atoms with Gasteiger partial charge in [-0.15, -0.1) is 0 Å². The van der Waals surface area contributed by atoms with Gasteiger partial charge in [-0.3, -0.25) is 0 Å². The number of thiazole rings is 1. The van der Waals surface area contributed by atoms with Gasteiger partial charge in [-0.1, -0.05) is 55.2 Å². The van der Waals surface area contributed by atoms with Crippen molar-refractivity contribution in [3.05, 3.63) is 99.8 Å². The Morgan fingerprint density at radius 2 is 1.78 bits per heavy atom. The van der Waals surface area contributed by atoms with Crippen LogP contribution in [0.4, 0.5) is 5.69 Å². The molecule has 0 saturated heterocycles. The second-order valence-corrected chi connectivity index (χ2v) is 13.1. The van der Waals surface area contributed by atoms with Gasteiger partial charge in [0.15, 0.2) is 0 Å². The minimum absolute atomic E-state index is 0.230.